The molecule has 6 heteroatoms. The number of amides is 1. The van der Waals surface area contributed by atoms with Gasteiger partial charge in [0.15, 0.2) is 0 Å². The van der Waals surface area contributed by atoms with Crippen molar-refractivity contribution in [3.05, 3.63) is 0 Å². The number of carbonyl (C=O) groups is 2. The molecule has 1 amide bonds. The molecule has 15 heavy (non-hydrogen) atoms. The van der Waals surface area contributed by atoms with Gasteiger partial charge in [-0.1, -0.05) is 6.92 Å². The highest BCUT2D eigenvalue weighted by molar-refractivity contribution is 7.99. The first-order valence-corrected chi connectivity index (χ1v) is 5.56. The molecule has 0 saturated heterocycles. The molecule has 0 aromatic rings. The van der Waals surface area contributed by atoms with E-state index in [1.807, 2.05) is 6.07 Å². The maximum absolute atomic E-state index is 11.0. The minimum atomic E-state index is -0.278. The molecule has 0 fully saturated rings. The molecule has 0 heterocycles. The highest BCUT2D eigenvalue weighted by Gasteiger charge is 2.13. The molecule has 0 aliphatic carbocycles. The number of nitriles is 1. The standard InChI is InChI=1S/C9H14N2O3S/c1-7(9(13)14-2)5-15-6-8(12)11-4-3-10/h7H,4-6H2,1-2H3,(H,11,12). The number of nitrogens with zero attached hydrogens (tertiary/aromatic N) is 1. The van der Waals surface area contributed by atoms with Crippen molar-refractivity contribution in [2.45, 2.75) is 6.92 Å². The largest absolute Gasteiger partial charge is 0.469 e. The maximum Gasteiger partial charge on any atom is 0.309 e. The molecule has 0 aromatic carbocycles. The fraction of sp³-hybridized carbons (Fsp3) is 0.667. The zero-order chi connectivity index (χ0) is 11.7. The summed E-state index contributed by atoms with van der Waals surface area (Å²) in [5.74, 6) is 0.0951. The Morgan fingerprint density at radius 3 is 2.80 bits per heavy atom. The molecule has 5 nitrogen and oxygen atoms in total. The molecule has 84 valence electrons. The second-order valence-corrected chi connectivity index (χ2v) is 3.90. The molecule has 1 unspecified atom stereocenters. The summed E-state index contributed by atoms with van der Waals surface area (Å²) in [5, 5.41) is 10.6. The summed E-state index contributed by atoms with van der Waals surface area (Å²) in [5.41, 5.74) is 0. The van der Waals surface area contributed by atoms with Crippen molar-refractivity contribution in [3.8, 4) is 6.07 Å². The fourth-order valence-corrected chi connectivity index (χ4v) is 1.68. The van der Waals surface area contributed by atoms with Gasteiger partial charge in [0.2, 0.25) is 5.91 Å². The number of esters is 1. The van der Waals surface area contributed by atoms with E-state index in [4.69, 9.17) is 5.26 Å². The summed E-state index contributed by atoms with van der Waals surface area (Å²) < 4.78 is 4.54. The van der Waals surface area contributed by atoms with Crippen LogP contribution < -0.4 is 5.32 Å². The molecule has 0 bridgehead atoms. The number of nitrogens with one attached hydrogen (secondary N) is 1. The predicted molar refractivity (Wildman–Crippen MR) is 57.1 cm³/mol. The SMILES string of the molecule is COC(=O)C(C)CSCC(=O)NCC#N. The molecule has 0 aliphatic heterocycles. The second kappa shape index (κ2) is 8.12. The van der Waals surface area contributed by atoms with Crippen LogP contribution in [0.4, 0.5) is 0 Å². The predicted octanol–water partition coefficient (Wildman–Crippen LogP) is 0.168. The summed E-state index contributed by atoms with van der Waals surface area (Å²) >= 11 is 1.34. The van der Waals surface area contributed by atoms with Gasteiger partial charge in [-0.2, -0.15) is 17.0 Å². The molecule has 1 atom stereocenters. The third-order valence-electron chi connectivity index (χ3n) is 1.57. The van der Waals surface area contributed by atoms with E-state index in [2.05, 4.69) is 10.1 Å². The number of thioether (sulfide) groups is 1. The number of hydrogen-bond acceptors (Lipinski definition) is 5. The van der Waals surface area contributed by atoms with Crippen molar-refractivity contribution in [2.75, 3.05) is 25.2 Å². The number of carbonyl (C=O) groups excluding carboxylic acids is 2. The Kier molecular flexibility index (Phi) is 7.46. The van der Waals surface area contributed by atoms with E-state index in [-0.39, 0.29) is 30.1 Å². The van der Waals surface area contributed by atoms with Crippen molar-refractivity contribution < 1.29 is 14.3 Å². The van der Waals surface area contributed by atoms with Gasteiger partial charge in [-0.3, -0.25) is 9.59 Å². The zero-order valence-corrected chi connectivity index (χ0v) is 9.60. The number of rotatable bonds is 6. The topological polar surface area (TPSA) is 79.2 Å². The van der Waals surface area contributed by atoms with Gasteiger partial charge in [-0.15, -0.1) is 0 Å². The summed E-state index contributed by atoms with van der Waals surface area (Å²) in [4.78, 5) is 22.0. The lowest BCUT2D eigenvalue weighted by atomic mass is 10.2. The molecular weight excluding hydrogens is 216 g/mol. The van der Waals surface area contributed by atoms with Crippen LogP contribution in [0.3, 0.4) is 0 Å². The molecule has 0 spiro atoms. The van der Waals surface area contributed by atoms with Crippen LogP contribution in [-0.2, 0) is 14.3 Å². The Bertz CT molecular complexity index is 263. The zero-order valence-electron chi connectivity index (χ0n) is 8.78. The van der Waals surface area contributed by atoms with E-state index in [0.29, 0.717) is 5.75 Å². The molecule has 0 aromatic heterocycles. The Morgan fingerprint density at radius 2 is 2.27 bits per heavy atom. The molecule has 0 saturated carbocycles. The summed E-state index contributed by atoms with van der Waals surface area (Å²) in [6.07, 6.45) is 0. The normalized spacial score (nSPS) is 11.3. The summed E-state index contributed by atoms with van der Waals surface area (Å²) in [7, 11) is 1.34. The first-order chi connectivity index (χ1) is 7.11. The van der Waals surface area contributed by atoms with Gasteiger partial charge in [-0.05, 0) is 0 Å². The van der Waals surface area contributed by atoms with Gasteiger partial charge >= 0.3 is 5.97 Å². The third-order valence-corrected chi connectivity index (χ3v) is 2.77. The highest BCUT2D eigenvalue weighted by atomic mass is 32.2. The average molecular weight is 230 g/mol. The second-order valence-electron chi connectivity index (χ2n) is 2.87. The van der Waals surface area contributed by atoms with Gasteiger partial charge in [0, 0.05) is 5.75 Å². The lowest BCUT2D eigenvalue weighted by Gasteiger charge is -2.07. The van der Waals surface area contributed by atoms with Gasteiger partial charge in [0.1, 0.15) is 6.54 Å². The first kappa shape index (κ1) is 13.8. The number of methoxy groups -OCH3 is 1. The van der Waals surface area contributed by atoms with Gasteiger partial charge in [0.25, 0.3) is 0 Å². The minimum Gasteiger partial charge on any atom is -0.469 e. The van der Waals surface area contributed by atoms with Crippen molar-refractivity contribution in [3.63, 3.8) is 0 Å². The monoisotopic (exact) mass is 230 g/mol. The van der Waals surface area contributed by atoms with Crippen LogP contribution in [0, 0.1) is 17.2 Å². The molecule has 1 N–H and O–H groups in total. The highest BCUT2D eigenvalue weighted by Crippen LogP contribution is 2.09. The quantitative estimate of drug-likeness (QED) is 0.519. The van der Waals surface area contributed by atoms with Crippen LogP contribution in [-0.4, -0.2) is 37.0 Å². The first-order valence-electron chi connectivity index (χ1n) is 4.41. The van der Waals surface area contributed by atoms with Crippen LogP contribution >= 0.6 is 11.8 Å². The lowest BCUT2D eigenvalue weighted by molar-refractivity contribution is -0.144. The Morgan fingerprint density at radius 1 is 1.60 bits per heavy atom. The van der Waals surface area contributed by atoms with E-state index in [1.54, 1.807) is 6.92 Å². The number of ether oxygens (including phenoxy) is 1. The molecule has 0 aliphatic rings. The number of hydrogen-bond donors (Lipinski definition) is 1. The molecule has 0 radical (unpaired) electrons. The third kappa shape index (κ3) is 6.80. The summed E-state index contributed by atoms with van der Waals surface area (Å²) in [6.45, 7) is 1.76. The minimum absolute atomic E-state index is 0.0198. The van der Waals surface area contributed by atoms with Gasteiger partial charge in [-0.25, -0.2) is 0 Å². The Labute approximate surface area is 93.2 Å². The van der Waals surface area contributed by atoms with Crippen LogP contribution in [0.25, 0.3) is 0 Å². The Balaban J connectivity index is 3.57. The maximum atomic E-state index is 11.0. The average Bonchev–Trinajstić information content (AvgIpc) is 2.24. The van der Waals surface area contributed by atoms with E-state index in [1.165, 1.54) is 18.9 Å². The van der Waals surface area contributed by atoms with E-state index < -0.39 is 0 Å². The van der Waals surface area contributed by atoms with Gasteiger partial charge in [0.05, 0.1) is 24.8 Å². The van der Waals surface area contributed by atoms with Crippen molar-refractivity contribution >= 4 is 23.6 Å². The fourth-order valence-electron chi connectivity index (χ4n) is 0.787. The van der Waals surface area contributed by atoms with Gasteiger partial charge < -0.3 is 10.1 Å². The Hall–Kier alpha value is -1.22. The van der Waals surface area contributed by atoms with E-state index in [9.17, 15) is 9.59 Å². The lowest BCUT2D eigenvalue weighted by Crippen LogP contribution is -2.26. The van der Waals surface area contributed by atoms with Crippen molar-refractivity contribution in [1.82, 2.24) is 5.32 Å². The van der Waals surface area contributed by atoms with Crippen LogP contribution in [0.5, 0.6) is 0 Å². The van der Waals surface area contributed by atoms with Crippen LogP contribution in [0.1, 0.15) is 6.92 Å². The van der Waals surface area contributed by atoms with E-state index >= 15 is 0 Å². The van der Waals surface area contributed by atoms with Crippen LogP contribution in [0.15, 0.2) is 0 Å². The smallest absolute Gasteiger partial charge is 0.309 e. The van der Waals surface area contributed by atoms with Crippen molar-refractivity contribution in [1.29, 1.82) is 5.26 Å². The van der Waals surface area contributed by atoms with Crippen molar-refractivity contribution in [2.24, 2.45) is 5.92 Å². The molecule has 0 rings (SSSR count). The van der Waals surface area contributed by atoms with E-state index in [0.717, 1.165) is 0 Å². The molecular formula is C9H14N2O3S. The van der Waals surface area contributed by atoms with Crippen LogP contribution in [0.2, 0.25) is 0 Å². The summed E-state index contributed by atoms with van der Waals surface area (Å²) in [6, 6.07) is 1.81.